The Hall–Kier alpha value is -1.61. The molecule has 0 fully saturated rings. The highest BCUT2D eigenvalue weighted by atomic mass is 35.5. The monoisotopic (exact) mass is 251 g/mol. The topological polar surface area (TPSA) is 22.1 Å². The normalized spacial score (nSPS) is 10.3. The van der Waals surface area contributed by atoms with E-state index in [0.717, 1.165) is 11.1 Å². The maximum atomic E-state index is 13.4. The van der Waals surface area contributed by atoms with E-state index in [1.165, 1.54) is 6.07 Å². The van der Waals surface area contributed by atoms with E-state index in [4.69, 9.17) is 16.3 Å². The van der Waals surface area contributed by atoms with Gasteiger partial charge in [0.1, 0.15) is 11.8 Å². The van der Waals surface area contributed by atoms with Crippen molar-refractivity contribution in [2.24, 2.45) is 0 Å². The Labute approximate surface area is 104 Å². The molecule has 88 valence electrons. The molecular formula is C13H11ClFNO. The van der Waals surface area contributed by atoms with Crippen LogP contribution in [0.15, 0.2) is 36.5 Å². The molecule has 0 unspecified atom stereocenters. The fourth-order valence-corrected chi connectivity index (χ4v) is 1.58. The van der Waals surface area contributed by atoms with Gasteiger partial charge in [-0.05, 0) is 30.7 Å². The molecule has 0 spiro atoms. The summed E-state index contributed by atoms with van der Waals surface area (Å²) in [4.78, 5) is 3.92. The van der Waals surface area contributed by atoms with Gasteiger partial charge in [0, 0.05) is 11.8 Å². The second-order valence-electron chi connectivity index (χ2n) is 3.68. The van der Waals surface area contributed by atoms with E-state index in [2.05, 4.69) is 4.98 Å². The van der Waals surface area contributed by atoms with E-state index >= 15 is 0 Å². The largest absolute Gasteiger partial charge is 0.486 e. The van der Waals surface area contributed by atoms with Crippen LogP contribution >= 0.6 is 11.6 Å². The van der Waals surface area contributed by atoms with Crippen molar-refractivity contribution in [3.8, 4) is 5.75 Å². The summed E-state index contributed by atoms with van der Waals surface area (Å²) in [5.74, 6) is -0.152. The van der Waals surface area contributed by atoms with Crippen molar-refractivity contribution >= 4 is 11.6 Å². The third-order valence-electron chi connectivity index (χ3n) is 2.31. The zero-order valence-electron chi connectivity index (χ0n) is 9.28. The molecule has 17 heavy (non-hydrogen) atoms. The molecule has 2 aromatic rings. The van der Waals surface area contributed by atoms with Crippen LogP contribution in [0.3, 0.4) is 0 Å². The minimum absolute atomic E-state index is 0.201. The molecule has 0 aliphatic carbocycles. The van der Waals surface area contributed by atoms with Crippen LogP contribution in [-0.4, -0.2) is 4.98 Å². The molecule has 4 heteroatoms. The maximum Gasteiger partial charge on any atom is 0.165 e. The Kier molecular flexibility index (Phi) is 3.59. The molecule has 1 aromatic heterocycles. The predicted octanol–water partition coefficient (Wildman–Crippen LogP) is 3.76. The summed E-state index contributed by atoms with van der Waals surface area (Å²) in [5.41, 5.74) is 1.67. The Morgan fingerprint density at radius 1 is 1.35 bits per heavy atom. The first-order valence-electron chi connectivity index (χ1n) is 5.15. The van der Waals surface area contributed by atoms with Gasteiger partial charge in [-0.2, -0.15) is 0 Å². The Balaban J connectivity index is 2.12. The minimum Gasteiger partial charge on any atom is -0.486 e. The van der Waals surface area contributed by atoms with Gasteiger partial charge in [0.2, 0.25) is 0 Å². The minimum atomic E-state index is -0.379. The molecule has 0 saturated heterocycles. The van der Waals surface area contributed by atoms with E-state index in [1.807, 2.05) is 6.92 Å². The third-order valence-corrected chi connectivity index (χ3v) is 2.65. The number of aryl methyl sites for hydroxylation is 1. The summed E-state index contributed by atoms with van der Waals surface area (Å²) in [6, 6.07) is 8.29. The second-order valence-corrected chi connectivity index (χ2v) is 4.03. The van der Waals surface area contributed by atoms with E-state index in [0.29, 0.717) is 5.15 Å². The highest BCUT2D eigenvalue weighted by Gasteiger charge is 2.05. The van der Waals surface area contributed by atoms with Crippen LogP contribution in [-0.2, 0) is 6.61 Å². The lowest BCUT2D eigenvalue weighted by atomic mass is 10.2. The molecule has 1 heterocycles. The van der Waals surface area contributed by atoms with Crippen LogP contribution in [0.4, 0.5) is 4.39 Å². The molecular weight excluding hydrogens is 241 g/mol. The number of hydrogen-bond donors (Lipinski definition) is 0. The van der Waals surface area contributed by atoms with Crippen molar-refractivity contribution in [3.63, 3.8) is 0 Å². The Bertz CT molecular complexity index is 531. The van der Waals surface area contributed by atoms with E-state index in [-0.39, 0.29) is 18.2 Å². The number of pyridine rings is 1. The second kappa shape index (κ2) is 5.15. The van der Waals surface area contributed by atoms with E-state index < -0.39 is 0 Å². The van der Waals surface area contributed by atoms with Crippen molar-refractivity contribution < 1.29 is 9.13 Å². The maximum absolute atomic E-state index is 13.4. The number of aromatic nitrogens is 1. The summed E-state index contributed by atoms with van der Waals surface area (Å²) in [6.07, 6.45) is 1.60. The number of rotatable bonds is 3. The number of halogens is 2. The highest BCUT2D eigenvalue weighted by molar-refractivity contribution is 6.30. The molecule has 0 aliphatic rings. The number of nitrogens with zero attached hydrogens (tertiary/aromatic N) is 1. The Morgan fingerprint density at radius 3 is 2.94 bits per heavy atom. The average Bonchev–Trinajstić information content (AvgIpc) is 2.32. The fraction of sp³-hybridized carbons (Fsp3) is 0.154. The van der Waals surface area contributed by atoms with Crippen LogP contribution < -0.4 is 4.74 Å². The zero-order chi connectivity index (χ0) is 12.3. The number of benzene rings is 1. The number of ether oxygens (including phenoxy) is 1. The summed E-state index contributed by atoms with van der Waals surface area (Å²) in [5, 5.41) is 0.376. The van der Waals surface area contributed by atoms with Crippen molar-refractivity contribution in [2.75, 3.05) is 0 Å². The zero-order valence-corrected chi connectivity index (χ0v) is 10.0. The average molecular weight is 252 g/mol. The predicted molar refractivity (Wildman–Crippen MR) is 64.7 cm³/mol. The van der Waals surface area contributed by atoms with Gasteiger partial charge in [-0.15, -0.1) is 0 Å². The third kappa shape index (κ3) is 2.94. The lowest BCUT2D eigenvalue weighted by Crippen LogP contribution is -1.99. The summed E-state index contributed by atoms with van der Waals surface area (Å²) < 4.78 is 18.8. The van der Waals surface area contributed by atoms with Crippen LogP contribution in [0.25, 0.3) is 0 Å². The molecule has 0 aliphatic heterocycles. The van der Waals surface area contributed by atoms with Gasteiger partial charge in [0.25, 0.3) is 0 Å². The molecule has 0 radical (unpaired) electrons. The standard InChI is InChI=1S/C13H11ClFNO/c1-9-4-5-11(15)12(7-9)17-8-10-3-2-6-16-13(10)14/h2-7H,8H2,1H3. The van der Waals surface area contributed by atoms with Crippen LogP contribution in [0.2, 0.25) is 5.15 Å². The van der Waals surface area contributed by atoms with E-state index in [9.17, 15) is 4.39 Å². The Morgan fingerprint density at radius 2 is 2.18 bits per heavy atom. The van der Waals surface area contributed by atoms with Gasteiger partial charge < -0.3 is 4.74 Å². The van der Waals surface area contributed by atoms with Crippen LogP contribution in [0.5, 0.6) is 5.75 Å². The van der Waals surface area contributed by atoms with Gasteiger partial charge in [-0.1, -0.05) is 23.7 Å². The molecule has 1 aromatic carbocycles. The first-order chi connectivity index (χ1) is 8.16. The summed E-state index contributed by atoms with van der Waals surface area (Å²) in [6.45, 7) is 2.08. The molecule has 0 bridgehead atoms. The van der Waals surface area contributed by atoms with Crippen molar-refractivity contribution in [3.05, 3.63) is 58.6 Å². The first-order valence-corrected chi connectivity index (χ1v) is 5.53. The molecule has 2 nitrogen and oxygen atoms in total. The smallest absolute Gasteiger partial charge is 0.165 e. The molecule has 0 amide bonds. The van der Waals surface area contributed by atoms with Crippen molar-refractivity contribution in [1.82, 2.24) is 4.98 Å². The van der Waals surface area contributed by atoms with E-state index in [1.54, 1.807) is 30.5 Å². The quantitative estimate of drug-likeness (QED) is 0.775. The van der Waals surface area contributed by atoms with Crippen LogP contribution in [0.1, 0.15) is 11.1 Å². The first kappa shape index (κ1) is 11.9. The number of hydrogen-bond acceptors (Lipinski definition) is 2. The van der Waals surface area contributed by atoms with Gasteiger partial charge in [0.05, 0.1) is 0 Å². The van der Waals surface area contributed by atoms with Crippen molar-refractivity contribution in [1.29, 1.82) is 0 Å². The van der Waals surface area contributed by atoms with Gasteiger partial charge in [-0.3, -0.25) is 0 Å². The van der Waals surface area contributed by atoms with Gasteiger partial charge in [0.15, 0.2) is 11.6 Å². The summed E-state index contributed by atoms with van der Waals surface area (Å²) >= 11 is 5.88. The van der Waals surface area contributed by atoms with Gasteiger partial charge in [-0.25, -0.2) is 9.37 Å². The molecule has 0 N–H and O–H groups in total. The molecule has 0 atom stereocenters. The summed E-state index contributed by atoms with van der Waals surface area (Å²) in [7, 11) is 0. The lowest BCUT2D eigenvalue weighted by Gasteiger charge is -2.08. The lowest BCUT2D eigenvalue weighted by molar-refractivity contribution is 0.290. The fourth-order valence-electron chi connectivity index (χ4n) is 1.40. The molecule has 2 rings (SSSR count). The highest BCUT2D eigenvalue weighted by Crippen LogP contribution is 2.21. The van der Waals surface area contributed by atoms with Gasteiger partial charge >= 0.3 is 0 Å². The SMILES string of the molecule is Cc1ccc(F)c(OCc2cccnc2Cl)c1. The van der Waals surface area contributed by atoms with Crippen molar-refractivity contribution in [2.45, 2.75) is 13.5 Å². The molecule has 0 saturated carbocycles. The van der Waals surface area contributed by atoms with Crippen LogP contribution in [0, 0.1) is 12.7 Å².